The van der Waals surface area contributed by atoms with Crippen LogP contribution in [-0.4, -0.2) is 15.9 Å². The van der Waals surface area contributed by atoms with E-state index in [9.17, 15) is 4.79 Å². The van der Waals surface area contributed by atoms with Gasteiger partial charge in [0.1, 0.15) is 5.76 Å². The fraction of sp³-hybridized carbons (Fsp3) is 0.250. The van der Waals surface area contributed by atoms with Gasteiger partial charge in [-0.3, -0.25) is 4.79 Å². The number of thiazole rings is 1. The van der Waals surface area contributed by atoms with Crippen molar-refractivity contribution in [3.05, 3.63) is 64.8 Å². The molecule has 6 heteroatoms. The van der Waals surface area contributed by atoms with Gasteiger partial charge in [-0.05, 0) is 17.4 Å². The van der Waals surface area contributed by atoms with Crippen LogP contribution in [0, 0.1) is 11.8 Å². The summed E-state index contributed by atoms with van der Waals surface area (Å²) in [7, 11) is 0. The summed E-state index contributed by atoms with van der Waals surface area (Å²) in [6, 6.07) is 9.58. The molecule has 2 aromatic heterocycles. The van der Waals surface area contributed by atoms with Crippen LogP contribution in [0.15, 0.2) is 47.1 Å². The molecule has 0 radical (unpaired) electrons. The van der Waals surface area contributed by atoms with Crippen molar-refractivity contribution in [2.45, 2.75) is 32.6 Å². The van der Waals surface area contributed by atoms with E-state index in [1.54, 1.807) is 12.4 Å². The fourth-order valence-electron chi connectivity index (χ4n) is 2.13. The van der Waals surface area contributed by atoms with Crippen molar-refractivity contribution in [2.24, 2.45) is 0 Å². The molecule has 132 valence electrons. The van der Waals surface area contributed by atoms with Crippen LogP contribution < -0.4 is 5.32 Å². The maximum atomic E-state index is 12.1. The van der Waals surface area contributed by atoms with Crippen molar-refractivity contribution in [2.75, 3.05) is 5.32 Å². The SMILES string of the molecule is CC(C)(C)c1cnc(C#Cc2cnc(NC(=O)Cc3ccccc3)s2)o1. The Kier molecular flexibility index (Phi) is 5.19. The van der Waals surface area contributed by atoms with E-state index >= 15 is 0 Å². The Labute approximate surface area is 156 Å². The summed E-state index contributed by atoms with van der Waals surface area (Å²) in [5.74, 6) is 6.92. The molecule has 3 rings (SSSR count). The van der Waals surface area contributed by atoms with Gasteiger partial charge in [-0.2, -0.15) is 0 Å². The molecule has 2 heterocycles. The number of rotatable bonds is 3. The van der Waals surface area contributed by atoms with Gasteiger partial charge in [0.25, 0.3) is 5.89 Å². The van der Waals surface area contributed by atoms with Crippen molar-refractivity contribution < 1.29 is 9.21 Å². The Morgan fingerprint density at radius 2 is 1.92 bits per heavy atom. The molecule has 0 aliphatic rings. The van der Waals surface area contributed by atoms with E-state index in [4.69, 9.17) is 4.42 Å². The molecule has 0 spiro atoms. The number of hydrogen-bond acceptors (Lipinski definition) is 5. The lowest BCUT2D eigenvalue weighted by atomic mass is 9.94. The van der Waals surface area contributed by atoms with Gasteiger partial charge in [-0.25, -0.2) is 9.97 Å². The van der Waals surface area contributed by atoms with Crippen LogP contribution in [-0.2, 0) is 16.6 Å². The van der Waals surface area contributed by atoms with E-state index in [0.29, 0.717) is 17.4 Å². The molecule has 1 aromatic carbocycles. The summed E-state index contributed by atoms with van der Waals surface area (Å²) in [5, 5.41) is 3.32. The van der Waals surface area contributed by atoms with Crippen molar-refractivity contribution >= 4 is 22.4 Å². The second-order valence-electron chi connectivity index (χ2n) is 6.77. The molecule has 0 saturated carbocycles. The van der Waals surface area contributed by atoms with Crippen LogP contribution in [0.4, 0.5) is 5.13 Å². The lowest BCUT2D eigenvalue weighted by molar-refractivity contribution is -0.115. The van der Waals surface area contributed by atoms with Gasteiger partial charge in [-0.1, -0.05) is 62.4 Å². The maximum Gasteiger partial charge on any atom is 0.273 e. The number of benzene rings is 1. The molecule has 5 nitrogen and oxygen atoms in total. The van der Waals surface area contributed by atoms with Gasteiger partial charge < -0.3 is 9.73 Å². The predicted molar refractivity (Wildman–Crippen MR) is 102 cm³/mol. The van der Waals surface area contributed by atoms with Crippen LogP contribution in [0.5, 0.6) is 0 Å². The lowest BCUT2D eigenvalue weighted by Gasteiger charge is -2.12. The number of anilines is 1. The summed E-state index contributed by atoms with van der Waals surface area (Å²) < 4.78 is 5.64. The number of carbonyl (C=O) groups excluding carboxylic acids is 1. The van der Waals surface area contributed by atoms with E-state index in [0.717, 1.165) is 16.2 Å². The molecule has 1 amide bonds. The predicted octanol–water partition coefficient (Wildman–Crippen LogP) is 4.01. The Balaban J connectivity index is 1.62. The average Bonchev–Trinajstić information content (AvgIpc) is 3.22. The fourth-order valence-corrected chi connectivity index (χ4v) is 2.81. The summed E-state index contributed by atoms with van der Waals surface area (Å²) >= 11 is 1.32. The average molecular weight is 365 g/mol. The van der Waals surface area contributed by atoms with E-state index in [1.807, 2.05) is 30.3 Å². The molecule has 0 fully saturated rings. The molecule has 0 bridgehead atoms. The number of carbonyl (C=O) groups is 1. The zero-order valence-corrected chi connectivity index (χ0v) is 15.7. The third-order valence-electron chi connectivity index (χ3n) is 3.50. The third kappa shape index (κ3) is 4.80. The van der Waals surface area contributed by atoms with E-state index < -0.39 is 0 Å². The van der Waals surface area contributed by atoms with Crippen LogP contribution in [0.1, 0.15) is 42.9 Å². The molecule has 0 saturated heterocycles. The first-order chi connectivity index (χ1) is 12.4. The minimum Gasteiger partial charge on any atom is -0.435 e. The molecule has 26 heavy (non-hydrogen) atoms. The van der Waals surface area contributed by atoms with Gasteiger partial charge in [-0.15, -0.1) is 0 Å². The summed E-state index contributed by atoms with van der Waals surface area (Å²) in [6.45, 7) is 6.16. The highest BCUT2D eigenvalue weighted by Gasteiger charge is 2.18. The molecular weight excluding hydrogens is 346 g/mol. The second kappa shape index (κ2) is 7.54. The summed E-state index contributed by atoms with van der Waals surface area (Å²) in [5.41, 5.74) is 0.855. The Hall–Kier alpha value is -2.91. The van der Waals surface area contributed by atoms with Gasteiger partial charge >= 0.3 is 0 Å². The number of oxazole rings is 1. The number of nitrogens with zero attached hydrogens (tertiary/aromatic N) is 2. The zero-order valence-electron chi connectivity index (χ0n) is 14.9. The minimum atomic E-state index is -0.104. The standard InChI is InChI=1S/C20H19N3O2S/c1-20(2,3)16-13-21-18(25-16)10-9-15-12-22-19(26-15)23-17(24)11-14-7-5-4-6-8-14/h4-8,12-13H,11H2,1-3H3,(H,22,23,24). The van der Waals surface area contributed by atoms with Crippen LogP contribution in [0.2, 0.25) is 0 Å². The van der Waals surface area contributed by atoms with Crippen LogP contribution in [0.3, 0.4) is 0 Å². The molecule has 1 N–H and O–H groups in total. The topological polar surface area (TPSA) is 68.0 Å². The highest BCUT2D eigenvalue weighted by atomic mass is 32.1. The maximum absolute atomic E-state index is 12.1. The van der Waals surface area contributed by atoms with Crippen molar-refractivity contribution in [3.8, 4) is 11.8 Å². The summed E-state index contributed by atoms with van der Waals surface area (Å²) in [6.07, 6.45) is 3.64. The molecule has 0 aliphatic heterocycles. The first kappa shape index (κ1) is 17.9. The first-order valence-corrected chi connectivity index (χ1v) is 9.00. The Bertz CT molecular complexity index is 956. The van der Waals surface area contributed by atoms with Crippen molar-refractivity contribution in [1.82, 2.24) is 9.97 Å². The molecule has 0 aliphatic carbocycles. The monoisotopic (exact) mass is 365 g/mol. The molecule has 0 atom stereocenters. The van der Waals surface area contributed by atoms with Gasteiger partial charge in [0.05, 0.1) is 23.7 Å². The van der Waals surface area contributed by atoms with Gasteiger partial charge in [0.15, 0.2) is 5.13 Å². The van der Waals surface area contributed by atoms with Crippen LogP contribution >= 0.6 is 11.3 Å². The highest BCUT2D eigenvalue weighted by Crippen LogP contribution is 2.22. The molecular formula is C20H19N3O2S. The van der Waals surface area contributed by atoms with Gasteiger partial charge in [0, 0.05) is 5.41 Å². The Morgan fingerprint density at radius 1 is 1.15 bits per heavy atom. The van der Waals surface area contributed by atoms with E-state index in [1.165, 1.54) is 11.3 Å². The number of hydrogen-bond donors (Lipinski definition) is 1. The van der Waals surface area contributed by atoms with E-state index in [-0.39, 0.29) is 11.3 Å². The van der Waals surface area contributed by atoms with E-state index in [2.05, 4.69) is 47.9 Å². The zero-order chi connectivity index (χ0) is 18.6. The number of nitrogens with one attached hydrogen (secondary N) is 1. The lowest BCUT2D eigenvalue weighted by Crippen LogP contribution is -2.13. The Morgan fingerprint density at radius 3 is 2.62 bits per heavy atom. The van der Waals surface area contributed by atoms with Crippen LogP contribution in [0.25, 0.3) is 0 Å². The highest BCUT2D eigenvalue weighted by molar-refractivity contribution is 7.16. The molecule has 3 aromatic rings. The molecule has 0 unspecified atom stereocenters. The number of amides is 1. The third-order valence-corrected chi connectivity index (χ3v) is 4.33. The van der Waals surface area contributed by atoms with Crippen molar-refractivity contribution in [3.63, 3.8) is 0 Å². The largest absolute Gasteiger partial charge is 0.435 e. The smallest absolute Gasteiger partial charge is 0.273 e. The summed E-state index contributed by atoms with van der Waals surface area (Å²) in [4.78, 5) is 21.2. The van der Waals surface area contributed by atoms with Crippen molar-refractivity contribution in [1.29, 1.82) is 0 Å². The minimum absolute atomic E-state index is 0.104. The first-order valence-electron chi connectivity index (χ1n) is 8.18. The normalized spacial score (nSPS) is 10.9. The second-order valence-corrected chi connectivity index (χ2v) is 7.80. The quantitative estimate of drug-likeness (QED) is 0.712. The van der Waals surface area contributed by atoms with Gasteiger partial charge in [0.2, 0.25) is 5.91 Å². The number of aromatic nitrogens is 2.